The first-order valence-corrected chi connectivity index (χ1v) is 12.1. The predicted octanol–water partition coefficient (Wildman–Crippen LogP) is 4.65. The Hall–Kier alpha value is -3.35. The van der Waals surface area contributed by atoms with Crippen LogP contribution in [0.1, 0.15) is 24.2 Å². The van der Waals surface area contributed by atoms with Crippen molar-refractivity contribution >= 4 is 50.7 Å². The summed E-state index contributed by atoms with van der Waals surface area (Å²) < 4.78 is 22.2. The lowest BCUT2D eigenvalue weighted by molar-refractivity contribution is -0.385. The summed E-state index contributed by atoms with van der Waals surface area (Å²) in [6.45, 7) is 6.44. The van der Waals surface area contributed by atoms with Crippen molar-refractivity contribution in [3.63, 3.8) is 0 Å². The monoisotopic (exact) mass is 554 g/mol. The molecule has 13 heteroatoms. The van der Waals surface area contributed by atoms with Crippen LogP contribution in [-0.2, 0) is 0 Å². The molecule has 0 aliphatic carbocycles. The molecule has 0 spiro atoms. The lowest BCUT2D eigenvalue weighted by atomic mass is 10.1. The lowest BCUT2D eigenvalue weighted by Crippen LogP contribution is -2.39. The zero-order chi connectivity index (χ0) is 26.4. The molecule has 0 saturated heterocycles. The third-order valence-corrected chi connectivity index (χ3v) is 6.93. The largest absolute Gasteiger partial charge is 0.495 e. The quantitative estimate of drug-likeness (QED) is 0.233. The van der Waals surface area contributed by atoms with Crippen LogP contribution in [0.5, 0.6) is 23.0 Å². The highest BCUT2D eigenvalue weighted by molar-refractivity contribution is 7.22. The highest BCUT2D eigenvalue weighted by atomic mass is 35.5. The fourth-order valence-corrected chi connectivity index (χ4v) is 4.89. The van der Waals surface area contributed by atoms with Gasteiger partial charge in [-0.2, -0.15) is 0 Å². The summed E-state index contributed by atoms with van der Waals surface area (Å²) in [5.74, 6) is 0.906. The van der Waals surface area contributed by atoms with Gasteiger partial charge in [-0.1, -0.05) is 25.2 Å². The molecule has 0 fully saturated rings. The van der Waals surface area contributed by atoms with E-state index < -0.39 is 10.8 Å². The number of carbonyl (C=O) groups excluding carboxylic acids is 1. The van der Waals surface area contributed by atoms with Gasteiger partial charge in [0.1, 0.15) is 27.3 Å². The molecule has 0 N–H and O–H groups in total. The van der Waals surface area contributed by atoms with Gasteiger partial charge >= 0.3 is 0 Å². The molecule has 3 rings (SSSR count). The number of likely N-dealkylation sites (N-methyl/N-ethyl adjacent to an activating group) is 1. The second kappa shape index (κ2) is 13.3. The van der Waals surface area contributed by atoms with Crippen LogP contribution < -0.4 is 23.8 Å². The number of anilines is 1. The van der Waals surface area contributed by atoms with Crippen LogP contribution in [0.2, 0.25) is 0 Å². The Labute approximate surface area is 225 Å². The van der Waals surface area contributed by atoms with Crippen molar-refractivity contribution in [2.24, 2.45) is 0 Å². The maximum Gasteiger partial charge on any atom is 0.286 e. The summed E-state index contributed by atoms with van der Waals surface area (Å²) in [5, 5.41) is 12.3. The van der Waals surface area contributed by atoms with E-state index in [1.807, 2.05) is 13.8 Å². The molecular weight excluding hydrogens is 524 g/mol. The summed E-state index contributed by atoms with van der Waals surface area (Å²) in [5.41, 5.74) is 0.0245. The van der Waals surface area contributed by atoms with Crippen LogP contribution in [0.4, 0.5) is 10.8 Å². The van der Waals surface area contributed by atoms with Crippen molar-refractivity contribution in [1.29, 1.82) is 0 Å². The van der Waals surface area contributed by atoms with Crippen LogP contribution in [0.15, 0.2) is 24.3 Å². The van der Waals surface area contributed by atoms with Crippen LogP contribution in [0.3, 0.4) is 0 Å². The van der Waals surface area contributed by atoms with Crippen molar-refractivity contribution in [3.8, 4) is 23.0 Å². The highest BCUT2D eigenvalue weighted by Gasteiger charge is 2.31. The summed E-state index contributed by atoms with van der Waals surface area (Å²) in [6.07, 6.45) is 0. The zero-order valence-electron chi connectivity index (χ0n) is 21.6. The Morgan fingerprint density at radius 2 is 1.51 bits per heavy atom. The highest BCUT2D eigenvalue weighted by Crippen LogP contribution is 2.41. The standard InChI is InChI=1S/C24H30N4O7S.ClH/c1-7-26(8-2)11-12-27(24-25-21-17(32-3)9-10-18(33-4)22(21)36-24)23(29)15-13-19(34-5)20(35-6)14-16(15)28(30)31;/h9-10,13-14H,7-8,11-12H2,1-6H3;1H. The number of hydrogen-bond donors (Lipinski definition) is 0. The van der Waals surface area contributed by atoms with Crippen LogP contribution in [0, 0.1) is 10.1 Å². The number of methoxy groups -OCH3 is 4. The molecule has 1 heterocycles. The van der Waals surface area contributed by atoms with E-state index in [1.54, 1.807) is 19.2 Å². The van der Waals surface area contributed by atoms with E-state index in [2.05, 4.69) is 4.90 Å². The van der Waals surface area contributed by atoms with Gasteiger partial charge in [-0.3, -0.25) is 19.8 Å². The third kappa shape index (κ3) is 6.14. The molecule has 0 radical (unpaired) electrons. The fraction of sp³-hybridized carbons (Fsp3) is 0.417. The van der Waals surface area contributed by atoms with Crippen molar-refractivity contribution in [1.82, 2.24) is 9.88 Å². The number of nitrogens with zero attached hydrogens (tertiary/aromatic N) is 4. The minimum absolute atomic E-state index is 0. The van der Waals surface area contributed by atoms with Gasteiger partial charge in [0.05, 0.1) is 39.4 Å². The topological polar surface area (TPSA) is 117 Å². The molecular formula is C24H31ClN4O7S. The predicted molar refractivity (Wildman–Crippen MR) is 146 cm³/mol. The molecule has 0 atom stereocenters. The first kappa shape index (κ1) is 29.9. The van der Waals surface area contributed by atoms with Crippen molar-refractivity contribution in [3.05, 3.63) is 39.9 Å². The number of ether oxygens (including phenoxy) is 4. The van der Waals surface area contributed by atoms with E-state index in [4.69, 9.17) is 23.9 Å². The fourth-order valence-electron chi connectivity index (χ4n) is 3.79. The third-order valence-electron chi connectivity index (χ3n) is 5.84. The van der Waals surface area contributed by atoms with Gasteiger partial charge in [0.25, 0.3) is 11.6 Å². The molecule has 37 heavy (non-hydrogen) atoms. The number of hydrogen-bond acceptors (Lipinski definition) is 10. The van der Waals surface area contributed by atoms with E-state index in [0.717, 1.165) is 13.1 Å². The maximum atomic E-state index is 13.9. The van der Waals surface area contributed by atoms with Gasteiger partial charge in [-0.15, -0.1) is 12.4 Å². The summed E-state index contributed by atoms with van der Waals surface area (Å²) in [7, 11) is 5.87. The number of thiazole rings is 1. The molecule has 0 bridgehead atoms. The normalized spacial score (nSPS) is 10.7. The SMILES string of the molecule is CCN(CC)CCN(C(=O)c1cc(OC)c(OC)cc1[N+](=O)[O-])c1nc2c(OC)ccc(OC)c2s1.Cl. The molecule has 202 valence electrons. The number of benzene rings is 2. The minimum atomic E-state index is -0.609. The van der Waals surface area contributed by atoms with Gasteiger partial charge in [0, 0.05) is 19.2 Å². The molecule has 0 saturated carbocycles. The van der Waals surface area contributed by atoms with Gasteiger partial charge < -0.3 is 23.8 Å². The number of fused-ring (bicyclic) bond motifs is 1. The lowest BCUT2D eigenvalue weighted by Gasteiger charge is -2.25. The number of aromatic nitrogens is 1. The van der Waals surface area contributed by atoms with Gasteiger partial charge in [-0.25, -0.2) is 4.98 Å². The van der Waals surface area contributed by atoms with Crippen molar-refractivity contribution in [2.45, 2.75) is 13.8 Å². The molecule has 1 aromatic heterocycles. The number of rotatable bonds is 12. The Balaban J connectivity index is 0.00000481. The summed E-state index contributed by atoms with van der Waals surface area (Å²) in [6, 6.07) is 6.04. The maximum absolute atomic E-state index is 13.9. The number of halogens is 1. The van der Waals surface area contributed by atoms with Crippen LogP contribution in [0.25, 0.3) is 10.2 Å². The summed E-state index contributed by atoms with van der Waals surface area (Å²) in [4.78, 5) is 33.5. The molecule has 1 amide bonds. The number of amides is 1. The Bertz CT molecular complexity index is 1210. The smallest absolute Gasteiger partial charge is 0.286 e. The minimum Gasteiger partial charge on any atom is -0.495 e. The van der Waals surface area contributed by atoms with Gasteiger partial charge in [0.15, 0.2) is 16.6 Å². The number of carbonyl (C=O) groups is 1. The number of nitro groups is 1. The van der Waals surface area contributed by atoms with E-state index in [9.17, 15) is 14.9 Å². The molecule has 0 aliphatic rings. The second-order valence-corrected chi connectivity index (χ2v) is 8.59. The van der Waals surface area contributed by atoms with Gasteiger partial charge in [-0.05, 0) is 25.2 Å². The average molecular weight is 555 g/mol. The Morgan fingerprint density at radius 3 is 2.05 bits per heavy atom. The molecule has 2 aromatic carbocycles. The number of nitro benzene ring substituents is 1. The van der Waals surface area contributed by atoms with Crippen molar-refractivity contribution < 1.29 is 28.7 Å². The molecule has 3 aromatic rings. The average Bonchev–Trinajstić information content (AvgIpc) is 3.34. The van der Waals surface area contributed by atoms with Gasteiger partial charge in [0.2, 0.25) is 0 Å². The first-order chi connectivity index (χ1) is 17.3. The van der Waals surface area contributed by atoms with E-state index in [-0.39, 0.29) is 41.7 Å². The summed E-state index contributed by atoms with van der Waals surface area (Å²) >= 11 is 1.25. The zero-order valence-corrected chi connectivity index (χ0v) is 23.2. The Morgan fingerprint density at radius 1 is 0.946 bits per heavy atom. The van der Waals surface area contributed by atoms with E-state index in [1.165, 1.54) is 49.7 Å². The molecule has 0 aliphatic heterocycles. The molecule has 0 unspecified atom stereocenters. The Kier molecular flexibility index (Phi) is 10.7. The second-order valence-electron chi connectivity index (χ2n) is 7.61. The molecule has 11 nitrogen and oxygen atoms in total. The van der Waals surface area contributed by atoms with Crippen molar-refractivity contribution in [2.75, 3.05) is 59.5 Å². The van der Waals surface area contributed by atoms with E-state index in [0.29, 0.717) is 33.4 Å². The van der Waals surface area contributed by atoms with Crippen LogP contribution >= 0.6 is 23.7 Å². The van der Waals surface area contributed by atoms with E-state index >= 15 is 0 Å². The first-order valence-electron chi connectivity index (χ1n) is 11.3. The van der Waals surface area contributed by atoms with Crippen LogP contribution in [-0.4, -0.2) is 75.3 Å².